The minimum Gasteiger partial charge on any atom is -0.240 e. The van der Waals surface area contributed by atoms with Crippen LogP contribution in [0.15, 0.2) is 24.5 Å². The maximum atomic E-state index is 5.67. The average Bonchev–Trinajstić information content (AvgIpc) is 2.07. The molecule has 12 heavy (non-hydrogen) atoms. The minimum atomic E-state index is 0.545. The van der Waals surface area contributed by atoms with Crippen LogP contribution in [0.5, 0.6) is 0 Å². The predicted molar refractivity (Wildman–Crippen MR) is 47.7 cm³/mol. The lowest BCUT2D eigenvalue weighted by Gasteiger charge is -1.99. The van der Waals surface area contributed by atoms with Crippen molar-refractivity contribution in [3.8, 4) is 0 Å². The van der Waals surface area contributed by atoms with E-state index >= 15 is 0 Å². The molecule has 2 rings (SSSR count). The van der Waals surface area contributed by atoms with Gasteiger partial charge in [-0.15, -0.1) is 0 Å². The van der Waals surface area contributed by atoms with E-state index in [0.29, 0.717) is 5.69 Å². The summed E-state index contributed by atoms with van der Waals surface area (Å²) in [5, 5.41) is 0.928. The van der Waals surface area contributed by atoms with E-state index < -0.39 is 0 Å². The fourth-order valence-corrected chi connectivity index (χ4v) is 1.19. The van der Waals surface area contributed by atoms with Crippen molar-refractivity contribution in [3.63, 3.8) is 0 Å². The summed E-state index contributed by atoms with van der Waals surface area (Å²) in [6.45, 7) is 7.69. The third kappa shape index (κ3) is 1.05. The number of hydrogen-bond donors (Lipinski definition) is 0. The fraction of sp³-hybridized carbons (Fsp3) is 0.100. The molecule has 0 N–H and O–H groups in total. The van der Waals surface area contributed by atoms with E-state index in [9.17, 15) is 0 Å². The van der Waals surface area contributed by atoms with Gasteiger partial charge in [0.15, 0.2) is 0 Å². The van der Waals surface area contributed by atoms with Crippen LogP contribution in [0.1, 0.15) is 11.3 Å². The van der Waals surface area contributed by atoms with Gasteiger partial charge >= 0.3 is 0 Å². The van der Waals surface area contributed by atoms with E-state index in [1.165, 1.54) is 11.9 Å². The zero-order valence-electron chi connectivity index (χ0n) is 6.78. The van der Waals surface area contributed by atoms with Gasteiger partial charge in [0.05, 0.1) is 11.2 Å². The molecular formula is C10H8N2. The Morgan fingerprint density at radius 2 is 2.08 bits per heavy atom. The van der Waals surface area contributed by atoms with Gasteiger partial charge in [-0.25, -0.2) is 9.97 Å². The van der Waals surface area contributed by atoms with Crippen molar-refractivity contribution >= 4 is 10.9 Å². The fourth-order valence-electron chi connectivity index (χ4n) is 1.19. The Kier molecular flexibility index (Phi) is 1.54. The van der Waals surface area contributed by atoms with Crippen molar-refractivity contribution in [3.05, 3.63) is 42.7 Å². The first-order chi connectivity index (χ1) is 5.77. The zero-order valence-corrected chi connectivity index (χ0v) is 6.78. The monoisotopic (exact) mass is 156 g/mol. The van der Waals surface area contributed by atoms with Gasteiger partial charge < -0.3 is 0 Å². The molecule has 0 fully saturated rings. The van der Waals surface area contributed by atoms with Crippen LogP contribution < -0.4 is 0 Å². The molecule has 1 aromatic heterocycles. The third-order valence-electron chi connectivity index (χ3n) is 1.82. The molecule has 0 spiro atoms. The Hall–Kier alpha value is -1.44. The van der Waals surface area contributed by atoms with E-state index in [0.717, 1.165) is 10.9 Å². The molecule has 1 heterocycles. The van der Waals surface area contributed by atoms with Crippen molar-refractivity contribution in [1.29, 1.82) is 0 Å². The highest BCUT2D eigenvalue weighted by Crippen LogP contribution is 2.14. The summed E-state index contributed by atoms with van der Waals surface area (Å²) in [5.74, 6) is 0. The molecule has 1 aromatic carbocycles. The van der Waals surface area contributed by atoms with E-state index in [1.54, 1.807) is 0 Å². The molecule has 0 unspecified atom stereocenters. The number of rotatable bonds is 0. The number of benzene rings is 1. The van der Waals surface area contributed by atoms with E-state index in [1.807, 2.05) is 25.1 Å². The lowest BCUT2D eigenvalue weighted by atomic mass is 10.1. The van der Waals surface area contributed by atoms with E-state index in [-0.39, 0.29) is 0 Å². The van der Waals surface area contributed by atoms with Gasteiger partial charge in [-0.1, -0.05) is 11.6 Å². The van der Waals surface area contributed by atoms with Crippen LogP contribution in [-0.4, -0.2) is 9.97 Å². The van der Waals surface area contributed by atoms with Crippen LogP contribution >= 0.6 is 0 Å². The molecule has 58 valence electrons. The normalized spacial score (nSPS) is 10.5. The second kappa shape index (κ2) is 2.55. The molecule has 0 saturated carbocycles. The van der Waals surface area contributed by atoms with Crippen molar-refractivity contribution in [1.82, 2.24) is 9.97 Å². The summed E-state index contributed by atoms with van der Waals surface area (Å²) in [5.41, 5.74) is 2.61. The summed E-state index contributed by atoms with van der Waals surface area (Å²) in [4.78, 5) is 8.01. The second-order valence-electron chi connectivity index (χ2n) is 2.78. The Labute approximate surface area is 71.3 Å². The van der Waals surface area contributed by atoms with Crippen LogP contribution in [0.25, 0.3) is 10.9 Å². The highest BCUT2D eigenvalue weighted by molar-refractivity contribution is 5.81. The number of aromatic nitrogens is 2. The minimum absolute atomic E-state index is 0.545. The molecule has 0 aliphatic heterocycles. The van der Waals surface area contributed by atoms with Gasteiger partial charge in [0.1, 0.15) is 6.33 Å². The molecule has 0 bridgehead atoms. The van der Waals surface area contributed by atoms with Crippen molar-refractivity contribution in [2.75, 3.05) is 0 Å². The number of nitrogens with zero attached hydrogens (tertiary/aromatic N) is 2. The van der Waals surface area contributed by atoms with Crippen LogP contribution in [0, 0.1) is 13.8 Å². The first-order valence-electron chi connectivity index (χ1n) is 3.74. The largest absolute Gasteiger partial charge is 0.240 e. The molecule has 0 saturated heterocycles. The maximum Gasteiger partial charge on any atom is 0.116 e. The molecular weight excluding hydrogens is 148 g/mol. The van der Waals surface area contributed by atoms with Crippen LogP contribution in [0.2, 0.25) is 0 Å². The SMILES string of the molecule is [CH]c1ncnc2ccc(C)cc12. The highest BCUT2D eigenvalue weighted by atomic mass is 14.8. The van der Waals surface area contributed by atoms with Gasteiger partial charge in [0.2, 0.25) is 0 Å². The summed E-state index contributed by atoms with van der Waals surface area (Å²) in [6.07, 6.45) is 1.48. The van der Waals surface area contributed by atoms with Crippen LogP contribution in [0.3, 0.4) is 0 Å². The maximum absolute atomic E-state index is 5.67. The zero-order chi connectivity index (χ0) is 8.55. The average molecular weight is 156 g/mol. The lowest BCUT2D eigenvalue weighted by Crippen LogP contribution is -1.87. The van der Waals surface area contributed by atoms with Gasteiger partial charge in [-0.3, -0.25) is 0 Å². The third-order valence-corrected chi connectivity index (χ3v) is 1.82. The van der Waals surface area contributed by atoms with E-state index in [4.69, 9.17) is 6.92 Å². The Bertz CT molecular complexity index is 421. The Morgan fingerprint density at radius 1 is 1.25 bits per heavy atom. The molecule has 0 atom stereocenters. The summed E-state index contributed by atoms with van der Waals surface area (Å²) < 4.78 is 0. The number of aryl methyl sites for hydroxylation is 1. The molecule has 2 aromatic rings. The van der Waals surface area contributed by atoms with Crippen LogP contribution in [-0.2, 0) is 0 Å². The van der Waals surface area contributed by atoms with Crippen molar-refractivity contribution < 1.29 is 0 Å². The molecule has 0 aliphatic rings. The smallest absolute Gasteiger partial charge is 0.116 e. The van der Waals surface area contributed by atoms with Crippen molar-refractivity contribution in [2.45, 2.75) is 6.92 Å². The first kappa shape index (κ1) is 7.22. The topological polar surface area (TPSA) is 25.8 Å². The first-order valence-corrected chi connectivity index (χ1v) is 3.74. The summed E-state index contributed by atoms with van der Waals surface area (Å²) in [6, 6.07) is 5.95. The van der Waals surface area contributed by atoms with Gasteiger partial charge in [0.25, 0.3) is 0 Å². The number of hydrogen-bond acceptors (Lipinski definition) is 2. The lowest BCUT2D eigenvalue weighted by molar-refractivity contribution is 1.19. The summed E-state index contributed by atoms with van der Waals surface area (Å²) >= 11 is 0. The Balaban J connectivity index is 2.88. The molecule has 2 heteroatoms. The molecule has 2 radical (unpaired) electrons. The van der Waals surface area contributed by atoms with Crippen LogP contribution in [0.4, 0.5) is 0 Å². The predicted octanol–water partition coefficient (Wildman–Crippen LogP) is 2.00. The van der Waals surface area contributed by atoms with Gasteiger partial charge in [-0.2, -0.15) is 0 Å². The molecule has 2 nitrogen and oxygen atoms in total. The highest BCUT2D eigenvalue weighted by Gasteiger charge is 1.97. The second-order valence-corrected chi connectivity index (χ2v) is 2.78. The van der Waals surface area contributed by atoms with Crippen molar-refractivity contribution in [2.24, 2.45) is 0 Å². The molecule has 0 amide bonds. The van der Waals surface area contributed by atoms with Gasteiger partial charge in [0, 0.05) is 12.3 Å². The van der Waals surface area contributed by atoms with E-state index in [2.05, 4.69) is 9.97 Å². The number of fused-ring (bicyclic) bond motifs is 1. The quantitative estimate of drug-likeness (QED) is 0.583. The standard InChI is InChI=1S/C10H8N2/c1-7-3-4-10-9(5-7)8(2)11-6-12-10/h2-6H,1H3. The van der Waals surface area contributed by atoms with Gasteiger partial charge in [-0.05, 0) is 19.1 Å². The Morgan fingerprint density at radius 3 is 2.92 bits per heavy atom. The summed E-state index contributed by atoms with van der Waals surface area (Å²) in [7, 11) is 0. The molecule has 0 aliphatic carbocycles.